The van der Waals surface area contributed by atoms with E-state index in [0.717, 1.165) is 11.3 Å². The summed E-state index contributed by atoms with van der Waals surface area (Å²) >= 11 is 0. The summed E-state index contributed by atoms with van der Waals surface area (Å²) in [5.41, 5.74) is 1.08. The lowest BCUT2D eigenvalue weighted by Crippen LogP contribution is -2.35. The molecule has 1 aromatic rings. The van der Waals surface area contributed by atoms with Crippen molar-refractivity contribution in [3.05, 3.63) is 29.8 Å². The van der Waals surface area contributed by atoms with Crippen molar-refractivity contribution in [1.82, 2.24) is 5.32 Å². The molecule has 2 atom stereocenters. The maximum absolute atomic E-state index is 11.6. The van der Waals surface area contributed by atoms with E-state index in [0.29, 0.717) is 0 Å². The van der Waals surface area contributed by atoms with Gasteiger partial charge in [0.05, 0.1) is 12.9 Å². The highest BCUT2D eigenvalue weighted by atomic mass is 32.2. The van der Waals surface area contributed by atoms with Crippen LogP contribution in [0.15, 0.2) is 24.3 Å². The fourth-order valence-electron chi connectivity index (χ4n) is 1.98. The molecule has 1 rings (SSSR count). The minimum absolute atomic E-state index is 0.0776. The van der Waals surface area contributed by atoms with Gasteiger partial charge in [0.2, 0.25) is 0 Å². The van der Waals surface area contributed by atoms with E-state index < -0.39 is 9.84 Å². The third-order valence-corrected chi connectivity index (χ3v) is 4.96. The molecule has 0 saturated carbocycles. The van der Waals surface area contributed by atoms with E-state index >= 15 is 0 Å². The first kappa shape index (κ1) is 16.0. The predicted octanol–water partition coefficient (Wildman–Crippen LogP) is 2.17. The normalized spacial score (nSPS) is 14.9. The minimum Gasteiger partial charge on any atom is -0.497 e. The molecule has 5 heteroatoms. The standard InChI is InChI=1S/C14H23NO3S/c1-5-19(16,17)10-11(2)15-12(3)13-7-6-8-14(9-13)18-4/h6-9,11-12,15H,5,10H2,1-4H3/t11?,12-/m1/s1. The van der Waals surface area contributed by atoms with Gasteiger partial charge in [-0.2, -0.15) is 0 Å². The average Bonchev–Trinajstić information content (AvgIpc) is 2.38. The third kappa shape index (κ3) is 5.20. The molecule has 1 aromatic carbocycles. The summed E-state index contributed by atoms with van der Waals surface area (Å²) < 4.78 is 28.3. The minimum atomic E-state index is -2.95. The van der Waals surface area contributed by atoms with Gasteiger partial charge in [-0.1, -0.05) is 19.1 Å². The molecule has 0 amide bonds. The van der Waals surface area contributed by atoms with E-state index in [-0.39, 0.29) is 23.6 Å². The summed E-state index contributed by atoms with van der Waals surface area (Å²) in [5, 5.41) is 3.30. The molecule has 19 heavy (non-hydrogen) atoms. The van der Waals surface area contributed by atoms with Crippen molar-refractivity contribution in [2.75, 3.05) is 18.6 Å². The fourth-order valence-corrected chi connectivity index (χ4v) is 3.07. The van der Waals surface area contributed by atoms with Crippen LogP contribution in [0.2, 0.25) is 0 Å². The molecule has 1 unspecified atom stereocenters. The zero-order chi connectivity index (χ0) is 14.5. The molecule has 1 N–H and O–H groups in total. The molecule has 0 aliphatic heterocycles. The monoisotopic (exact) mass is 285 g/mol. The lowest BCUT2D eigenvalue weighted by Gasteiger charge is -2.20. The molecule has 4 nitrogen and oxygen atoms in total. The van der Waals surface area contributed by atoms with Crippen molar-refractivity contribution in [2.24, 2.45) is 0 Å². The molecule has 0 aliphatic rings. The molecule has 0 bridgehead atoms. The Balaban J connectivity index is 2.66. The molecule has 108 valence electrons. The average molecular weight is 285 g/mol. The quantitative estimate of drug-likeness (QED) is 0.834. The molecule has 0 saturated heterocycles. The van der Waals surface area contributed by atoms with Gasteiger partial charge in [-0.25, -0.2) is 8.42 Å². The summed E-state index contributed by atoms with van der Waals surface area (Å²) in [6.45, 7) is 5.58. The van der Waals surface area contributed by atoms with Crippen molar-refractivity contribution >= 4 is 9.84 Å². The van der Waals surface area contributed by atoms with Crippen molar-refractivity contribution in [3.63, 3.8) is 0 Å². The predicted molar refractivity (Wildman–Crippen MR) is 78.3 cm³/mol. The number of hydrogen-bond donors (Lipinski definition) is 1. The first-order valence-electron chi connectivity index (χ1n) is 6.48. The van der Waals surface area contributed by atoms with Crippen LogP contribution in [0.1, 0.15) is 32.4 Å². The Morgan fingerprint density at radius 2 is 2.00 bits per heavy atom. The Morgan fingerprint density at radius 3 is 2.58 bits per heavy atom. The number of methoxy groups -OCH3 is 1. The van der Waals surface area contributed by atoms with Gasteiger partial charge in [0.25, 0.3) is 0 Å². The van der Waals surface area contributed by atoms with Gasteiger partial charge in [-0.05, 0) is 31.5 Å². The van der Waals surface area contributed by atoms with Gasteiger partial charge < -0.3 is 10.1 Å². The summed E-state index contributed by atoms with van der Waals surface area (Å²) in [7, 11) is -1.31. The molecule has 0 aliphatic carbocycles. The van der Waals surface area contributed by atoms with Gasteiger partial charge in [-0.3, -0.25) is 0 Å². The van der Waals surface area contributed by atoms with Crippen LogP contribution in [-0.4, -0.2) is 33.1 Å². The lowest BCUT2D eigenvalue weighted by atomic mass is 10.1. The summed E-state index contributed by atoms with van der Waals surface area (Å²) in [4.78, 5) is 0. The topological polar surface area (TPSA) is 55.4 Å². The van der Waals surface area contributed by atoms with Crippen LogP contribution in [-0.2, 0) is 9.84 Å². The maximum atomic E-state index is 11.6. The number of rotatable bonds is 7. The molecule has 0 fully saturated rings. The van der Waals surface area contributed by atoms with Crippen LogP contribution in [0, 0.1) is 0 Å². The number of sulfone groups is 1. The highest BCUT2D eigenvalue weighted by Crippen LogP contribution is 2.19. The van der Waals surface area contributed by atoms with E-state index in [1.807, 2.05) is 38.1 Å². The number of benzene rings is 1. The van der Waals surface area contributed by atoms with Crippen molar-refractivity contribution in [3.8, 4) is 5.75 Å². The van der Waals surface area contributed by atoms with E-state index in [4.69, 9.17) is 4.74 Å². The van der Waals surface area contributed by atoms with Crippen molar-refractivity contribution in [1.29, 1.82) is 0 Å². The maximum Gasteiger partial charge on any atom is 0.151 e. The van der Waals surface area contributed by atoms with Crippen LogP contribution in [0.25, 0.3) is 0 Å². The second-order valence-corrected chi connectivity index (χ2v) is 7.16. The first-order valence-corrected chi connectivity index (χ1v) is 8.30. The second kappa shape index (κ2) is 6.91. The molecular formula is C14H23NO3S. The van der Waals surface area contributed by atoms with E-state index in [1.54, 1.807) is 14.0 Å². The van der Waals surface area contributed by atoms with E-state index in [1.165, 1.54) is 0 Å². The zero-order valence-electron chi connectivity index (χ0n) is 12.0. The van der Waals surface area contributed by atoms with Crippen LogP contribution >= 0.6 is 0 Å². The van der Waals surface area contributed by atoms with Gasteiger partial charge in [0.1, 0.15) is 5.75 Å². The Labute approximate surface area is 116 Å². The summed E-state index contributed by atoms with van der Waals surface area (Å²) in [6, 6.07) is 7.78. The first-order chi connectivity index (χ1) is 8.88. The van der Waals surface area contributed by atoms with Gasteiger partial charge in [0.15, 0.2) is 9.84 Å². The third-order valence-electron chi connectivity index (χ3n) is 3.07. The number of nitrogens with one attached hydrogen (secondary N) is 1. The Bertz CT molecular complexity index is 499. The largest absolute Gasteiger partial charge is 0.497 e. The van der Waals surface area contributed by atoms with E-state index in [9.17, 15) is 8.42 Å². The van der Waals surface area contributed by atoms with Crippen LogP contribution < -0.4 is 10.1 Å². The van der Waals surface area contributed by atoms with Gasteiger partial charge >= 0.3 is 0 Å². The molecule has 0 spiro atoms. The molecule has 0 radical (unpaired) electrons. The number of hydrogen-bond acceptors (Lipinski definition) is 4. The van der Waals surface area contributed by atoms with Gasteiger partial charge in [-0.15, -0.1) is 0 Å². The highest BCUT2D eigenvalue weighted by molar-refractivity contribution is 7.91. The van der Waals surface area contributed by atoms with Crippen molar-refractivity contribution < 1.29 is 13.2 Å². The summed E-state index contributed by atoms with van der Waals surface area (Å²) in [5.74, 6) is 1.16. The van der Waals surface area contributed by atoms with Crippen LogP contribution in [0.4, 0.5) is 0 Å². The Kier molecular flexibility index (Phi) is 5.82. The Hall–Kier alpha value is -1.07. The van der Waals surface area contributed by atoms with Crippen LogP contribution in [0.3, 0.4) is 0 Å². The molecule has 0 heterocycles. The summed E-state index contributed by atoms with van der Waals surface area (Å²) in [6.07, 6.45) is 0. The number of ether oxygens (including phenoxy) is 1. The van der Waals surface area contributed by atoms with Gasteiger partial charge in [0, 0.05) is 17.8 Å². The smallest absolute Gasteiger partial charge is 0.151 e. The molecular weight excluding hydrogens is 262 g/mol. The van der Waals surface area contributed by atoms with E-state index in [2.05, 4.69) is 5.32 Å². The van der Waals surface area contributed by atoms with Crippen molar-refractivity contribution in [2.45, 2.75) is 32.9 Å². The highest BCUT2D eigenvalue weighted by Gasteiger charge is 2.16. The molecule has 0 aromatic heterocycles. The SMILES string of the molecule is CCS(=O)(=O)CC(C)N[C@H](C)c1cccc(OC)c1. The van der Waals surface area contributed by atoms with Crippen LogP contribution in [0.5, 0.6) is 5.75 Å². The zero-order valence-corrected chi connectivity index (χ0v) is 12.8. The Morgan fingerprint density at radius 1 is 1.32 bits per heavy atom. The second-order valence-electron chi connectivity index (χ2n) is 4.76. The fraction of sp³-hybridized carbons (Fsp3) is 0.571. The lowest BCUT2D eigenvalue weighted by molar-refractivity contribution is 0.412.